The molecule has 7 nitrogen and oxygen atoms in total. The minimum atomic E-state index is -0.224. The minimum Gasteiger partial charge on any atom is -0.457 e. The van der Waals surface area contributed by atoms with Gasteiger partial charge in [0.2, 0.25) is 0 Å². The zero-order valence-corrected chi connectivity index (χ0v) is 15.1. The molecule has 1 aliphatic rings. The first-order chi connectivity index (χ1) is 13.7. The number of benzene rings is 2. The smallest absolute Gasteiger partial charge is 0.319 e. The van der Waals surface area contributed by atoms with E-state index < -0.39 is 0 Å². The van der Waals surface area contributed by atoms with E-state index in [0.29, 0.717) is 22.7 Å². The summed E-state index contributed by atoms with van der Waals surface area (Å²) < 4.78 is 5.74. The lowest BCUT2D eigenvalue weighted by Crippen LogP contribution is -2.41. The molecule has 2 aromatic carbocycles. The van der Waals surface area contributed by atoms with E-state index in [2.05, 4.69) is 26.9 Å². The Morgan fingerprint density at radius 3 is 2.57 bits per heavy atom. The molecule has 28 heavy (non-hydrogen) atoms. The van der Waals surface area contributed by atoms with Crippen molar-refractivity contribution in [1.29, 1.82) is 5.26 Å². The first-order valence-corrected chi connectivity index (χ1v) is 9.06. The Morgan fingerprint density at radius 2 is 1.86 bits per heavy atom. The quantitative estimate of drug-likeness (QED) is 0.648. The summed E-state index contributed by atoms with van der Waals surface area (Å²) >= 11 is 0. The molecule has 0 fully saturated rings. The van der Waals surface area contributed by atoms with Crippen LogP contribution in [0.15, 0.2) is 54.7 Å². The van der Waals surface area contributed by atoms with Crippen LogP contribution < -0.4 is 15.4 Å². The summed E-state index contributed by atoms with van der Waals surface area (Å²) in [5.74, 6) is 1.30. The van der Waals surface area contributed by atoms with Crippen molar-refractivity contribution in [1.82, 2.24) is 15.5 Å². The Hall–Kier alpha value is -3.79. The molecule has 1 aliphatic carbocycles. The van der Waals surface area contributed by atoms with Crippen LogP contribution in [-0.2, 0) is 12.8 Å². The summed E-state index contributed by atoms with van der Waals surface area (Å²) in [7, 11) is 0. The highest BCUT2D eigenvalue weighted by molar-refractivity contribution is 5.89. The molecule has 0 aliphatic heterocycles. The molecule has 0 unspecified atom stereocenters. The van der Waals surface area contributed by atoms with Crippen LogP contribution in [0.1, 0.15) is 23.2 Å². The molecule has 140 valence electrons. The molecule has 0 spiro atoms. The Bertz CT molecular complexity index is 1000. The summed E-state index contributed by atoms with van der Waals surface area (Å²) in [4.78, 5) is 12.3. The van der Waals surface area contributed by atoms with Crippen LogP contribution in [0.4, 0.5) is 10.5 Å². The fourth-order valence-corrected chi connectivity index (χ4v) is 3.23. The van der Waals surface area contributed by atoms with Gasteiger partial charge in [0, 0.05) is 17.4 Å². The number of carbonyl (C=O) groups excluding carboxylic acids is 1. The van der Waals surface area contributed by atoms with E-state index >= 15 is 0 Å². The van der Waals surface area contributed by atoms with E-state index in [4.69, 9.17) is 10.00 Å². The molecule has 7 heteroatoms. The van der Waals surface area contributed by atoms with Gasteiger partial charge in [0.25, 0.3) is 0 Å². The molecule has 1 heterocycles. The highest BCUT2D eigenvalue weighted by Gasteiger charge is 2.21. The molecule has 0 saturated heterocycles. The van der Waals surface area contributed by atoms with Crippen LogP contribution in [0.2, 0.25) is 0 Å². The topological polar surface area (TPSA) is 103 Å². The standard InChI is InChI=1S/C21H19N5O2/c22-12-14-1-6-18(7-2-14)28-19-8-3-16(4-9-19)24-21(27)25-17-5-10-20-15(11-17)13-23-26-20/h1-4,6-9,13,17H,5,10-11H2,(H,23,26)(H2,24,25,27)/t17-/m0/s1. The normalized spacial score (nSPS) is 15.2. The average molecular weight is 373 g/mol. The number of hydrogen-bond acceptors (Lipinski definition) is 4. The first kappa shape index (κ1) is 17.6. The van der Waals surface area contributed by atoms with Gasteiger partial charge in [0.05, 0.1) is 17.8 Å². The van der Waals surface area contributed by atoms with Crippen molar-refractivity contribution in [3.05, 3.63) is 71.5 Å². The number of H-pyrrole nitrogens is 1. The van der Waals surface area contributed by atoms with Gasteiger partial charge in [0.15, 0.2) is 0 Å². The fraction of sp³-hybridized carbons (Fsp3) is 0.190. The van der Waals surface area contributed by atoms with Gasteiger partial charge in [-0.3, -0.25) is 5.10 Å². The van der Waals surface area contributed by atoms with Crippen LogP contribution in [0.5, 0.6) is 11.5 Å². The van der Waals surface area contributed by atoms with Gasteiger partial charge in [0.1, 0.15) is 11.5 Å². The predicted octanol–water partition coefficient (Wildman–Crippen LogP) is 3.75. The molecule has 0 radical (unpaired) electrons. The maximum Gasteiger partial charge on any atom is 0.319 e. The monoisotopic (exact) mass is 373 g/mol. The number of rotatable bonds is 4. The van der Waals surface area contributed by atoms with E-state index in [9.17, 15) is 4.79 Å². The molecular weight excluding hydrogens is 354 g/mol. The van der Waals surface area contributed by atoms with Crippen LogP contribution in [-0.4, -0.2) is 22.3 Å². The SMILES string of the molecule is N#Cc1ccc(Oc2ccc(NC(=O)N[C@H]3CCc4[nH]ncc4C3)cc2)cc1. The Balaban J connectivity index is 1.30. The van der Waals surface area contributed by atoms with Crippen molar-refractivity contribution in [2.75, 3.05) is 5.32 Å². The van der Waals surface area contributed by atoms with Crippen molar-refractivity contribution in [2.45, 2.75) is 25.3 Å². The number of anilines is 1. The van der Waals surface area contributed by atoms with Crippen molar-refractivity contribution >= 4 is 11.7 Å². The molecule has 1 aromatic heterocycles. The van der Waals surface area contributed by atoms with E-state index in [-0.39, 0.29) is 12.1 Å². The zero-order valence-electron chi connectivity index (χ0n) is 15.1. The molecule has 2 amide bonds. The Morgan fingerprint density at radius 1 is 1.14 bits per heavy atom. The lowest BCUT2D eigenvalue weighted by atomic mass is 9.94. The number of urea groups is 1. The predicted molar refractivity (Wildman–Crippen MR) is 104 cm³/mol. The number of hydrogen-bond donors (Lipinski definition) is 3. The van der Waals surface area contributed by atoms with Crippen LogP contribution >= 0.6 is 0 Å². The summed E-state index contributed by atoms with van der Waals surface area (Å²) in [6.45, 7) is 0. The third-order valence-corrected chi connectivity index (χ3v) is 4.68. The van der Waals surface area contributed by atoms with Crippen molar-refractivity contribution < 1.29 is 9.53 Å². The second-order valence-electron chi connectivity index (χ2n) is 6.67. The van der Waals surface area contributed by atoms with E-state index in [1.54, 1.807) is 48.5 Å². The number of carbonyl (C=O) groups is 1. The molecule has 0 saturated carbocycles. The van der Waals surface area contributed by atoms with Gasteiger partial charge < -0.3 is 15.4 Å². The first-order valence-electron chi connectivity index (χ1n) is 9.06. The van der Waals surface area contributed by atoms with Gasteiger partial charge in [-0.05, 0) is 73.4 Å². The van der Waals surface area contributed by atoms with Crippen molar-refractivity contribution in [3.8, 4) is 17.6 Å². The lowest BCUT2D eigenvalue weighted by molar-refractivity contribution is 0.247. The summed E-state index contributed by atoms with van der Waals surface area (Å²) in [6, 6.07) is 16.0. The number of amides is 2. The van der Waals surface area contributed by atoms with Gasteiger partial charge in [-0.1, -0.05) is 0 Å². The summed E-state index contributed by atoms with van der Waals surface area (Å²) in [5, 5.41) is 21.7. The second kappa shape index (κ2) is 7.84. The lowest BCUT2D eigenvalue weighted by Gasteiger charge is -2.23. The van der Waals surface area contributed by atoms with Gasteiger partial charge in [-0.25, -0.2) is 4.79 Å². The number of ether oxygens (including phenoxy) is 1. The average Bonchev–Trinajstić information content (AvgIpc) is 3.18. The van der Waals surface area contributed by atoms with Crippen LogP contribution in [0, 0.1) is 11.3 Å². The highest BCUT2D eigenvalue weighted by atomic mass is 16.5. The number of nitriles is 1. The maximum absolute atomic E-state index is 12.3. The third-order valence-electron chi connectivity index (χ3n) is 4.68. The third kappa shape index (κ3) is 4.13. The van der Waals surface area contributed by atoms with Gasteiger partial charge in [-0.15, -0.1) is 0 Å². The summed E-state index contributed by atoms with van der Waals surface area (Å²) in [5.41, 5.74) is 3.60. The molecule has 1 atom stereocenters. The van der Waals surface area contributed by atoms with E-state index in [0.717, 1.165) is 25.0 Å². The molecule has 3 N–H and O–H groups in total. The second-order valence-corrected chi connectivity index (χ2v) is 6.67. The molecule has 3 aromatic rings. The zero-order chi connectivity index (χ0) is 19.3. The van der Waals surface area contributed by atoms with Crippen molar-refractivity contribution in [3.63, 3.8) is 0 Å². The molecule has 0 bridgehead atoms. The highest BCUT2D eigenvalue weighted by Crippen LogP contribution is 2.23. The minimum absolute atomic E-state index is 0.101. The van der Waals surface area contributed by atoms with Crippen LogP contribution in [0.3, 0.4) is 0 Å². The number of aromatic nitrogens is 2. The fourth-order valence-electron chi connectivity index (χ4n) is 3.23. The van der Waals surface area contributed by atoms with Crippen molar-refractivity contribution in [2.24, 2.45) is 0 Å². The maximum atomic E-state index is 12.3. The molecular formula is C21H19N5O2. The number of nitrogens with zero attached hydrogens (tertiary/aromatic N) is 2. The number of aryl methyl sites for hydroxylation is 1. The largest absolute Gasteiger partial charge is 0.457 e. The number of nitrogens with one attached hydrogen (secondary N) is 3. The summed E-state index contributed by atoms with van der Waals surface area (Å²) in [6.07, 6.45) is 4.39. The van der Waals surface area contributed by atoms with Crippen LogP contribution in [0.25, 0.3) is 0 Å². The van der Waals surface area contributed by atoms with Gasteiger partial charge in [-0.2, -0.15) is 10.4 Å². The van der Waals surface area contributed by atoms with E-state index in [1.165, 1.54) is 5.56 Å². The van der Waals surface area contributed by atoms with Gasteiger partial charge >= 0.3 is 6.03 Å². The number of fused-ring (bicyclic) bond motifs is 1. The van der Waals surface area contributed by atoms with E-state index in [1.807, 2.05) is 6.20 Å². The Labute approximate surface area is 162 Å². The number of aromatic amines is 1. The molecule has 4 rings (SSSR count). The Kier molecular flexibility index (Phi) is 4.93.